The van der Waals surface area contributed by atoms with E-state index in [0.29, 0.717) is 5.56 Å². The lowest BCUT2D eigenvalue weighted by atomic mass is 10.1. The quantitative estimate of drug-likeness (QED) is 0.713. The van der Waals surface area contributed by atoms with Gasteiger partial charge in [-0.15, -0.1) is 0 Å². The molecule has 0 aliphatic rings. The van der Waals surface area contributed by atoms with Gasteiger partial charge in [0.1, 0.15) is 5.60 Å². The molecule has 0 bridgehead atoms. The highest BCUT2D eigenvalue weighted by Gasteiger charge is 2.20. The van der Waals surface area contributed by atoms with E-state index < -0.39 is 12.2 Å². The number of halogens is 1. The zero-order valence-corrected chi connectivity index (χ0v) is 12.0. The average molecular weight is 349 g/mol. The van der Waals surface area contributed by atoms with Crippen LogP contribution in [0.2, 0.25) is 0 Å². The van der Waals surface area contributed by atoms with Gasteiger partial charge in [0.05, 0.1) is 12.2 Å². The number of benzene rings is 1. The molecule has 1 aromatic rings. The molecule has 0 fully saturated rings. The topological polar surface area (TPSA) is 69.6 Å². The molecular weight excluding hydrogens is 333 g/mol. The van der Waals surface area contributed by atoms with Gasteiger partial charge in [0.15, 0.2) is 0 Å². The van der Waals surface area contributed by atoms with E-state index in [0.717, 1.165) is 9.13 Å². The number of hydrogen-bond acceptors (Lipinski definition) is 3. The minimum atomic E-state index is -1.29. The maximum atomic E-state index is 11.9. The Morgan fingerprint density at radius 3 is 2.76 bits per heavy atom. The first-order chi connectivity index (χ1) is 7.87. The molecule has 0 spiro atoms. The number of rotatable bonds is 4. The van der Waals surface area contributed by atoms with Crippen molar-refractivity contribution >= 4 is 28.5 Å². The number of carbonyl (C=O) groups excluding carboxylic acids is 1. The molecule has 3 N–H and O–H groups in total. The molecule has 1 amide bonds. The summed E-state index contributed by atoms with van der Waals surface area (Å²) in [7, 11) is 0. The largest absolute Gasteiger partial charge is 0.393 e. The minimum absolute atomic E-state index is 0.0202. The summed E-state index contributed by atoms with van der Waals surface area (Å²) in [5.74, 6) is -0.244. The van der Waals surface area contributed by atoms with E-state index in [4.69, 9.17) is 5.11 Å². The summed E-state index contributed by atoms with van der Waals surface area (Å²) < 4.78 is 0.895. The van der Waals surface area contributed by atoms with Crippen molar-refractivity contribution in [1.29, 1.82) is 0 Å². The van der Waals surface area contributed by atoms with Crippen LogP contribution in [0.15, 0.2) is 18.2 Å². The molecule has 1 unspecified atom stereocenters. The standard InChI is InChI=1S/C12H16INO3/c1-8-4-3-5-9(10(8)13)11(16)14-6-12(2,17)7-15/h3-5,15,17H,6-7H2,1-2H3,(H,14,16). The Morgan fingerprint density at radius 2 is 2.18 bits per heavy atom. The van der Waals surface area contributed by atoms with Crippen molar-refractivity contribution in [1.82, 2.24) is 5.32 Å². The first kappa shape index (κ1) is 14.4. The van der Waals surface area contributed by atoms with Crippen LogP contribution < -0.4 is 5.32 Å². The zero-order valence-electron chi connectivity index (χ0n) is 9.83. The average Bonchev–Trinajstić information content (AvgIpc) is 2.30. The second-order valence-corrected chi connectivity index (χ2v) is 5.35. The molecule has 0 saturated heterocycles. The van der Waals surface area contributed by atoms with Gasteiger partial charge >= 0.3 is 0 Å². The van der Waals surface area contributed by atoms with Crippen LogP contribution >= 0.6 is 22.6 Å². The van der Waals surface area contributed by atoms with Gasteiger partial charge < -0.3 is 15.5 Å². The molecule has 1 atom stereocenters. The van der Waals surface area contributed by atoms with Crippen LogP contribution in [0.5, 0.6) is 0 Å². The van der Waals surface area contributed by atoms with Crippen molar-refractivity contribution < 1.29 is 15.0 Å². The lowest BCUT2D eigenvalue weighted by molar-refractivity contribution is 0.00319. The molecular formula is C12H16INO3. The van der Waals surface area contributed by atoms with Crippen LogP contribution in [-0.4, -0.2) is 34.9 Å². The van der Waals surface area contributed by atoms with E-state index in [-0.39, 0.29) is 12.5 Å². The fourth-order valence-corrected chi connectivity index (χ4v) is 1.85. The Morgan fingerprint density at radius 1 is 1.53 bits per heavy atom. The molecule has 5 heteroatoms. The van der Waals surface area contributed by atoms with E-state index in [2.05, 4.69) is 27.9 Å². The third-order valence-corrected chi connectivity index (χ3v) is 3.84. The van der Waals surface area contributed by atoms with Crippen LogP contribution in [0.3, 0.4) is 0 Å². The Kier molecular flexibility index (Phi) is 4.91. The molecule has 0 heterocycles. The number of hydrogen-bond donors (Lipinski definition) is 3. The Balaban J connectivity index is 2.74. The van der Waals surface area contributed by atoms with Crippen LogP contribution in [0.25, 0.3) is 0 Å². The SMILES string of the molecule is Cc1cccc(C(=O)NCC(C)(O)CO)c1I. The fraction of sp³-hybridized carbons (Fsp3) is 0.417. The summed E-state index contributed by atoms with van der Waals surface area (Å²) >= 11 is 2.12. The van der Waals surface area contributed by atoms with Gasteiger partial charge in [-0.1, -0.05) is 12.1 Å². The molecule has 94 valence electrons. The smallest absolute Gasteiger partial charge is 0.252 e. The molecule has 0 aromatic heterocycles. The Hall–Kier alpha value is -0.660. The Labute approximate surface area is 114 Å². The molecule has 0 aliphatic carbocycles. The predicted octanol–water partition coefficient (Wildman–Crippen LogP) is 1.07. The first-order valence-corrected chi connectivity index (χ1v) is 6.32. The summed E-state index contributed by atoms with van der Waals surface area (Å²) in [5, 5.41) is 21.1. The third kappa shape index (κ3) is 3.93. The summed E-state index contributed by atoms with van der Waals surface area (Å²) in [6, 6.07) is 5.48. The maximum absolute atomic E-state index is 11.9. The molecule has 0 radical (unpaired) electrons. The minimum Gasteiger partial charge on any atom is -0.393 e. The molecule has 0 saturated carbocycles. The van der Waals surface area contributed by atoms with Gasteiger partial charge in [0.25, 0.3) is 5.91 Å². The molecule has 4 nitrogen and oxygen atoms in total. The van der Waals surface area contributed by atoms with Crippen molar-refractivity contribution in [3.63, 3.8) is 0 Å². The molecule has 1 rings (SSSR count). The van der Waals surface area contributed by atoms with Crippen LogP contribution in [0.1, 0.15) is 22.8 Å². The number of nitrogens with one attached hydrogen (secondary N) is 1. The predicted molar refractivity (Wildman–Crippen MR) is 73.9 cm³/mol. The van der Waals surface area contributed by atoms with Crippen LogP contribution in [0.4, 0.5) is 0 Å². The number of aliphatic hydroxyl groups is 2. The highest BCUT2D eigenvalue weighted by atomic mass is 127. The van der Waals surface area contributed by atoms with E-state index >= 15 is 0 Å². The number of aliphatic hydroxyl groups excluding tert-OH is 1. The summed E-state index contributed by atoms with van der Waals surface area (Å²) in [6.45, 7) is 3.03. The fourth-order valence-electron chi connectivity index (χ4n) is 1.24. The summed E-state index contributed by atoms with van der Waals surface area (Å²) in [6.07, 6.45) is 0. The second-order valence-electron chi connectivity index (χ2n) is 4.27. The van der Waals surface area contributed by atoms with Gasteiger partial charge in [-0.05, 0) is 48.1 Å². The molecule has 0 aliphatic heterocycles. The number of aryl methyl sites for hydroxylation is 1. The highest BCUT2D eigenvalue weighted by Crippen LogP contribution is 2.16. The normalized spacial score (nSPS) is 14.2. The van der Waals surface area contributed by atoms with Gasteiger partial charge in [0.2, 0.25) is 0 Å². The van der Waals surface area contributed by atoms with Crippen LogP contribution in [0, 0.1) is 10.5 Å². The van der Waals surface area contributed by atoms with Crippen molar-refractivity contribution in [2.24, 2.45) is 0 Å². The van der Waals surface area contributed by atoms with Gasteiger partial charge in [-0.25, -0.2) is 0 Å². The van der Waals surface area contributed by atoms with E-state index in [1.54, 1.807) is 6.07 Å². The number of amides is 1. The van der Waals surface area contributed by atoms with E-state index in [1.807, 2.05) is 19.1 Å². The lowest BCUT2D eigenvalue weighted by Gasteiger charge is -2.20. The third-order valence-electron chi connectivity index (χ3n) is 2.41. The van der Waals surface area contributed by atoms with Crippen LogP contribution in [-0.2, 0) is 0 Å². The monoisotopic (exact) mass is 349 g/mol. The van der Waals surface area contributed by atoms with Crippen molar-refractivity contribution in [2.75, 3.05) is 13.2 Å². The van der Waals surface area contributed by atoms with Gasteiger partial charge in [-0.2, -0.15) is 0 Å². The van der Waals surface area contributed by atoms with Crippen molar-refractivity contribution in [3.05, 3.63) is 32.9 Å². The second kappa shape index (κ2) is 5.79. The first-order valence-electron chi connectivity index (χ1n) is 5.24. The number of carbonyl (C=O) groups is 1. The zero-order chi connectivity index (χ0) is 13.1. The highest BCUT2D eigenvalue weighted by molar-refractivity contribution is 14.1. The van der Waals surface area contributed by atoms with Crippen molar-refractivity contribution in [3.8, 4) is 0 Å². The van der Waals surface area contributed by atoms with Gasteiger partial charge in [0, 0.05) is 10.1 Å². The van der Waals surface area contributed by atoms with E-state index in [9.17, 15) is 9.90 Å². The Bertz CT molecular complexity index is 418. The van der Waals surface area contributed by atoms with Crippen molar-refractivity contribution in [2.45, 2.75) is 19.4 Å². The summed E-state index contributed by atoms with van der Waals surface area (Å²) in [5.41, 5.74) is 0.330. The van der Waals surface area contributed by atoms with Gasteiger partial charge in [-0.3, -0.25) is 4.79 Å². The van der Waals surface area contributed by atoms with E-state index in [1.165, 1.54) is 6.92 Å². The lowest BCUT2D eigenvalue weighted by Crippen LogP contribution is -2.43. The summed E-state index contributed by atoms with van der Waals surface area (Å²) in [4.78, 5) is 11.9. The molecule has 17 heavy (non-hydrogen) atoms. The maximum Gasteiger partial charge on any atom is 0.252 e. The molecule has 1 aromatic carbocycles.